The van der Waals surface area contributed by atoms with E-state index in [1.807, 2.05) is 30.3 Å². The lowest BCUT2D eigenvalue weighted by Crippen LogP contribution is -1.98. The second kappa shape index (κ2) is 4.61. The van der Waals surface area contributed by atoms with Crippen LogP contribution < -0.4 is 0 Å². The third-order valence-corrected chi connectivity index (χ3v) is 2.45. The van der Waals surface area contributed by atoms with Crippen LogP contribution in [0.3, 0.4) is 0 Å². The number of hydrogen-bond acceptors (Lipinski definition) is 1. The largest absolute Gasteiger partial charge is 0.384 e. The lowest BCUT2D eigenvalue weighted by atomic mass is 10.0. The van der Waals surface area contributed by atoms with Crippen LogP contribution >= 0.6 is 0 Å². The van der Waals surface area contributed by atoms with Gasteiger partial charge < -0.3 is 5.11 Å². The van der Waals surface area contributed by atoms with Gasteiger partial charge >= 0.3 is 0 Å². The highest BCUT2D eigenvalue weighted by Crippen LogP contribution is 2.23. The van der Waals surface area contributed by atoms with E-state index in [-0.39, 0.29) is 0 Å². The van der Waals surface area contributed by atoms with E-state index in [9.17, 15) is 5.11 Å². The fraction of sp³-hybridized carbons (Fsp3) is 0.0714. The van der Waals surface area contributed by atoms with Gasteiger partial charge in [0.05, 0.1) is 6.57 Å². The molecule has 2 heteroatoms. The fourth-order valence-electron chi connectivity index (χ4n) is 1.56. The third kappa shape index (κ3) is 2.10. The molecule has 2 nitrogen and oxygen atoms in total. The number of benzene rings is 2. The highest BCUT2D eigenvalue weighted by molar-refractivity contribution is 5.46. The number of aliphatic hydroxyl groups excluding tert-OH is 1. The Morgan fingerprint density at radius 3 is 2.00 bits per heavy atom. The zero-order chi connectivity index (χ0) is 11.4. The summed E-state index contributed by atoms with van der Waals surface area (Å²) in [7, 11) is 0. The Bertz CT molecular complexity index is 497. The molecule has 1 atom stereocenters. The van der Waals surface area contributed by atoms with Gasteiger partial charge in [0.2, 0.25) is 0 Å². The predicted octanol–water partition coefficient (Wildman–Crippen LogP) is 3.32. The summed E-state index contributed by atoms with van der Waals surface area (Å²) in [6.45, 7) is 6.85. The molecule has 2 rings (SSSR count). The van der Waals surface area contributed by atoms with E-state index in [2.05, 4.69) is 4.85 Å². The van der Waals surface area contributed by atoms with Crippen molar-refractivity contribution >= 4 is 5.69 Å². The average Bonchev–Trinajstić information content (AvgIpc) is 2.39. The summed E-state index contributed by atoms with van der Waals surface area (Å²) in [5, 5.41) is 10.1. The molecule has 2 aromatic carbocycles. The zero-order valence-corrected chi connectivity index (χ0v) is 8.67. The summed E-state index contributed by atoms with van der Waals surface area (Å²) in [6.07, 6.45) is -0.624. The van der Waals surface area contributed by atoms with Gasteiger partial charge in [-0.1, -0.05) is 54.6 Å². The predicted molar refractivity (Wildman–Crippen MR) is 63.2 cm³/mol. The summed E-state index contributed by atoms with van der Waals surface area (Å²) in [5.41, 5.74) is 2.25. The van der Waals surface area contributed by atoms with Gasteiger partial charge in [0.1, 0.15) is 6.10 Å². The van der Waals surface area contributed by atoms with Crippen LogP contribution in [0.15, 0.2) is 54.6 Å². The van der Waals surface area contributed by atoms with Crippen LogP contribution in [0, 0.1) is 6.57 Å². The third-order valence-electron chi connectivity index (χ3n) is 2.45. The van der Waals surface area contributed by atoms with Gasteiger partial charge in [-0.05, 0) is 11.1 Å². The molecule has 1 unspecified atom stereocenters. The Kier molecular flexibility index (Phi) is 3.00. The first-order valence-electron chi connectivity index (χ1n) is 5.01. The van der Waals surface area contributed by atoms with Crippen LogP contribution in [0.25, 0.3) is 4.85 Å². The van der Waals surface area contributed by atoms with Gasteiger partial charge in [-0.3, -0.25) is 0 Å². The Hall–Kier alpha value is -2.11. The molecule has 0 aromatic heterocycles. The Balaban J connectivity index is 2.28. The van der Waals surface area contributed by atoms with Crippen molar-refractivity contribution in [2.75, 3.05) is 0 Å². The molecule has 0 aliphatic heterocycles. The van der Waals surface area contributed by atoms with E-state index < -0.39 is 6.10 Å². The number of hydrogen-bond donors (Lipinski definition) is 1. The molecular formula is C14H11NO. The minimum atomic E-state index is -0.624. The topological polar surface area (TPSA) is 24.6 Å². The Morgan fingerprint density at radius 2 is 1.44 bits per heavy atom. The van der Waals surface area contributed by atoms with Crippen molar-refractivity contribution in [1.29, 1.82) is 0 Å². The van der Waals surface area contributed by atoms with Crippen molar-refractivity contribution in [3.05, 3.63) is 77.1 Å². The van der Waals surface area contributed by atoms with Gasteiger partial charge in [0.15, 0.2) is 5.69 Å². The Labute approximate surface area is 94.6 Å². The van der Waals surface area contributed by atoms with Crippen LogP contribution in [0.1, 0.15) is 17.2 Å². The lowest BCUT2D eigenvalue weighted by Gasteiger charge is -2.11. The van der Waals surface area contributed by atoms with Crippen LogP contribution in [0.5, 0.6) is 0 Å². The van der Waals surface area contributed by atoms with Crippen molar-refractivity contribution in [3.8, 4) is 0 Å². The molecule has 2 aromatic rings. The monoisotopic (exact) mass is 209 g/mol. The number of nitrogens with zero attached hydrogens (tertiary/aromatic N) is 1. The number of aliphatic hydroxyl groups is 1. The Morgan fingerprint density at radius 1 is 0.875 bits per heavy atom. The first-order chi connectivity index (χ1) is 7.81. The van der Waals surface area contributed by atoms with Crippen LogP contribution in [-0.2, 0) is 0 Å². The lowest BCUT2D eigenvalue weighted by molar-refractivity contribution is 0.220. The van der Waals surface area contributed by atoms with Crippen molar-refractivity contribution in [3.63, 3.8) is 0 Å². The summed E-state index contributed by atoms with van der Waals surface area (Å²) in [5.74, 6) is 0. The molecule has 0 saturated carbocycles. The molecule has 0 fully saturated rings. The molecule has 78 valence electrons. The van der Waals surface area contributed by atoms with E-state index in [0.29, 0.717) is 5.69 Å². The molecule has 0 heterocycles. The highest BCUT2D eigenvalue weighted by Gasteiger charge is 2.08. The van der Waals surface area contributed by atoms with Crippen LogP contribution in [-0.4, -0.2) is 5.11 Å². The molecule has 0 amide bonds. The summed E-state index contributed by atoms with van der Waals surface area (Å²) in [6, 6.07) is 16.5. The fourth-order valence-corrected chi connectivity index (χ4v) is 1.56. The molecule has 16 heavy (non-hydrogen) atoms. The second-order valence-corrected chi connectivity index (χ2v) is 3.52. The minimum Gasteiger partial charge on any atom is -0.384 e. The van der Waals surface area contributed by atoms with Gasteiger partial charge in [-0.25, -0.2) is 4.85 Å². The molecule has 0 saturated heterocycles. The van der Waals surface area contributed by atoms with E-state index in [1.165, 1.54) is 0 Å². The highest BCUT2D eigenvalue weighted by atomic mass is 16.3. The van der Waals surface area contributed by atoms with Gasteiger partial charge in [-0.15, -0.1) is 0 Å². The smallest absolute Gasteiger partial charge is 0.187 e. The maximum atomic E-state index is 10.1. The average molecular weight is 209 g/mol. The van der Waals surface area contributed by atoms with E-state index in [1.54, 1.807) is 24.3 Å². The molecule has 0 aliphatic carbocycles. The molecule has 0 aliphatic rings. The summed E-state index contributed by atoms with van der Waals surface area (Å²) < 4.78 is 0. The van der Waals surface area contributed by atoms with Crippen molar-refractivity contribution < 1.29 is 5.11 Å². The van der Waals surface area contributed by atoms with E-state index in [4.69, 9.17) is 6.57 Å². The molecule has 0 spiro atoms. The SMILES string of the molecule is [C-]#[N+]c1ccc(C(O)c2ccccc2)cc1. The van der Waals surface area contributed by atoms with Crippen LogP contribution in [0.4, 0.5) is 5.69 Å². The standard InChI is InChI=1S/C14H11NO/c1-15-13-9-7-12(8-10-13)14(16)11-5-3-2-4-6-11/h2-10,14,16H. The summed E-state index contributed by atoms with van der Waals surface area (Å²) >= 11 is 0. The molecule has 0 radical (unpaired) electrons. The quantitative estimate of drug-likeness (QED) is 0.754. The van der Waals surface area contributed by atoms with Gasteiger partial charge in [0.25, 0.3) is 0 Å². The van der Waals surface area contributed by atoms with Gasteiger partial charge in [-0.2, -0.15) is 0 Å². The maximum Gasteiger partial charge on any atom is 0.187 e. The van der Waals surface area contributed by atoms with Gasteiger partial charge in [0, 0.05) is 0 Å². The van der Waals surface area contributed by atoms with Crippen molar-refractivity contribution in [1.82, 2.24) is 0 Å². The maximum absolute atomic E-state index is 10.1. The van der Waals surface area contributed by atoms with E-state index >= 15 is 0 Å². The minimum absolute atomic E-state index is 0.587. The molecule has 0 bridgehead atoms. The van der Waals surface area contributed by atoms with Crippen molar-refractivity contribution in [2.24, 2.45) is 0 Å². The second-order valence-electron chi connectivity index (χ2n) is 3.52. The number of rotatable bonds is 2. The van der Waals surface area contributed by atoms with Crippen molar-refractivity contribution in [2.45, 2.75) is 6.10 Å². The zero-order valence-electron chi connectivity index (χ0n) is 8.67. The summed E-state index contributed by atoms with van der Waals surface area (Å²) in [4.78, 5) is 3.31. The first kappa shape index (κ1) is 10.4. The normalized spacial score (nSPS) is 11.8. The van der Waals surface area contributed by atoms with Crippen LogP contribution in [0.2, 0.25) is 0 Å². The molecular weight excluding hydrogens is 198 g/mol. The first-order valence-corrected chi connectivity index (χ1v) is 5.01. The van der Waals surface area contributed by atoms with E-state index in [0.717, 1.165) is 11.1 Å². The molecule has 1 N–H and O–H groups in total.